The van der Waals surface area contributed by atoms with Crippen molar-refractivity contribution >= 4 is 11.7 Å². The minimum atomic E-state index is -0.540. The Bertz CT molecular complexity index is 333. The van der Waals surface area contributed by atoms with Crippen molar-refractivity contribution in [2.45, 2.75) is 33.7 Å². The van der Waals surface area contributed by atoms with Gasteiger partial charge in [-0.15, -0.1) is 0 Å². The average molecular weight is 221 g/mol. The van der Waals surface area contributed by atoms with E-state index in [0.717, 1.165) is 5.56 Å². The lowest BCUT2D eigenvalue weighted by Gasteiger charge is -2.12. The van der Waals surface area contributed by atoms with Gasteiger partial charge in [-0.25, -0.2) is 0 Å². The molecule has 0 saturated heterocycles. The smallest absolute Gasteiger partial charge is 0.287 e. The summed E-state index contributed by atoms with van der Waals surface area (Å²) < 4.78 is 0. The Morgan fingerprint density at radius 1 is 1.12 bits per heavy atom. The van der Waals surface area contributed by atoms with E-state index in [2.05, 4.69) is 5.32 Å². The highest BCUT2D eigenvalue weighted by atomic mass is 16.2. The third-order valence-electron chi connectivity index (χ3n) is 1.97. The summed E-state index contributed by atoms with van der Waals surface area (Å²) in [6.07, 6.45) is 0. The molecule has 1 rings (SSSR count). The molecule has 0 fully saturated rings. The summed E-state index contributed by atoms with van der Waals surface area (Å²) in [6.45, 7) is 7.10. The van der Waals surface area contributed by atoms with E-state index in [4.69, 9.17) is 0 Å². The SMILES string of the molecule is CC.CC(=O)C(=O)NC(C)c1ccccc1. The maximum Gasteiger partial charge on any atom is 0.287 e. The molecule has 3 nitrogen and oxygen atoms in total. The molecule has 0 aliphatic heterocycles. The molecule has 88 valence electrons. The van der Waals surface area contributed by atoms with Gasteiger partial charge in [0.25, 0.3) is 5.91 Å². The van der Waals surface area contributed by atoms with Gasteiger partial charge < -0.3 is 5.32 Å². The van der Waals surface area contributed by atoms with Crippen molar-refractivity contribution in [2.24, 2.45) is 0 Å². The van der Waals surface area contributed by atoms with E-state index in [1.165, 1.54) is 6.92 Å². The monoisotopic (exact) mass is 221 g/mol. The van der Waals surface area contributed by atoms with Crippen LogP contribution in [0.1, 0.15) is 39.3 Å². The van der Waals surface area contributed by atoms with Crippen molar-refractivity contribution < 1.29 is 9.59 Å². The number of ketones is 1. The number of Topliss-reactive ketones (excluding diaryl/α,β-unsaturated/α-hetero) is 1. The number of nitrogens with one attached hydrogen (secondary N) is 1. The topological polar surface area (TPSA) is 46.2 Å². The predicted octanol–water partition coefficient (Wildman–Crippen LogP) is 2.48. The van der Waals surface area contributed by atoms with Crippen LogP contribution in [0.2, 0.25) is 0 Å². The highest BCUT2D eigenvalue weighted by Crippen LogP contribution is 2.10. The molecule has 1 N–H and O–H groups in total. The first-order chi connectivity index (χ1) is 7.61. The lowest BCUT2D eigenvalue weighted by molar-refractivity contribution is -0.137. The van der Waals surface area contributed by atoms with Crippen LogP contribution < -0.4 is 5.32 Å². The van der Waals surface area contributed by atoms with Crippen molar-refractivity contribution in [3.05, 3.63) is 35.9 Å². The van der Waals surface area contributed by atoms with Crippen LogP contribution in [-0.2, 0) is 9.59 Å². The van der Waals surface area contributed by atoms with Gasteiger partial charge in [0.1, 0.15) is 0 Å². The summed E-state index contributed by atoms with van der Waals surface area (Å²) in [7, 11) is 0. The molecule has 0 radical (unpaired) electrons. The molecule has 1 atom stereocenters. The van der Waals surface area contributed by atoms with Crippen LogP contribution in [-0.4, -0.2) is 11.7 Å². The maximum atomic E-state index is 11.1. The third-order valence-corrected chi connectivity index (χ3v) is 1.97. The third kappa shape index (κ3) is 4.73. The normalized spacial score (nSPS) is 10.8. The van der Waals surface area contributed by atoms with Gasteiger partial charge in [-0.3, -0.25) is 9.59 Å². The second-order valence-electron chi connectivity index (χ2n) is 3.16. The highest BCUT2D eigenvalue weighted by Gasteiger charge is 2.11. The van der Waals surface area contributed by atoms with Gasteiger partial charge in [0, 0.05) is 6.92 Å². The molecule has 1 aromatic rings. The van der Waals surface area contributed by atoms with E-state index in [0.29, 0.717) is 0 Å². The Hall–Kier alpha value is -1.64. The predicted molar refractivity (Wildman–Crippen MR) is 65.0 cm³/mol. The molecule has 0 saturated carbocycles. The first kappa shape index (κ1) is 14.4. The van der Waals surface area contributed by atoms with Gasteiger partial charge in [0.15, 0.2) is 0 Å². The number of carbonyl (C=O) groups excluding carboxylic acids is 2. The lowest BCUT2D eigenvalue weighted by atomic mass is 10.1. The molecule has 0 spiro atoms. The van der Waals surface area contributed by atoms with E-state index < -0.39 is 11.7 Å². The maximum absolute atomic E-state index is 11.1. The number of carbonyl (C=O) groups is 2. The van der Waals surface area contributed by atoms with Crippen molar-refractivity contribution in [1.29, 1.82) is 0 Å². The standard InChI is InChI=1S/C11H13NO2.C2H6/c1-8(12-11(14)9(2)13)10-6-4-3-5-7-10;1-2/h3-8H,1-2H3,(H,12,14);1-2H3. The molecule has 1 aromatic carbocycles. The molecule has 16 heavy (non-hydrogen) atoms. The van der Waals surface area contributed by atoms with Crippen LogP contribution in [0.4, 0.5) is 0 Å². The molecule has 0 heterocycles. The Morgan fingerprint density at radius 3 is 2.06 bits per heavy atom. The van der Waals surface area contributed by atoms with Gasteiger partial charge in [0.05, 0.1) is 6.04 Å². The number of amides is 1. The zero-order valence-corrected chi connectivity index (χ0v) is 10.3. The summed E-state index contributed by atoms with van der Waals surface area (Å²) in [5.41, 5.74) is 0.988. The van der Waals surface area contributed by atoms with Crippen molar-refractivity contribution in [1.82, 2.24) is 5.32 Å². The Kier molecular flexibility index (Phi) is 6.84. The molecule has 1 unspecified atom stereocenters. The molecule has 0 aromatic heterocycles. The number of hydrogen-bond donors (Lipinski definition) is 1. The summed E-state index contributed by atoms with van der Waals surface area (Å²) in [5, 5.41) is 2.61. The second-order valence-corrected chi connectivity index (χ2v) is 3.16. The number of rotatable bonds is 3. The zero-order chi connectivity index (χ0) is 12.6. The summed E-state index contributed by atoms with van der Waals surface area (Å²) >= 11 is 0. The average Bonchev–Trinajstić information content (AvgIpc) is 2.32. The first-order valence-corrected chi connectivity index (χ1v) is 5.47. The van der Waals surface area contributed by atoms with Gasteiger partial charge in [-0.1, -0.05) is 44.2 Å². The zero-order valence-electron chi connectivity index (χ0n) is 10.3. The summed E-state index contributed by atoms with van der Waals surface area (Å²) in [5.74, 6) is -1.01. The van der Waals surface area contributed by atoms with Crippen LogP contribution in [0, 0.1) is 0 Å². The fourth-order valence-corrected chi connectivity index (χ4v) is 1.12. The van der Waals surface area contributed by atoms with Crippen LogP contribution in [0.25, 0.3) is 0 Å². The second kappa shape index (κ2) is 7.63. The molecule has 0 aliphatic carbocycles. The Balaban J connectivity index is 0.00000106. The molecule has 3 heteroatoms. The van der Waals surface area contributed by atoms with Crippen molar-refractivity contribution in [2.75, 3.05) is 0 Å². The van der Waals surface area contributed by atoms with E-state index in [1.54, 1.807) is 0 Å². The minimum Gasteiger partial charge on any atom is -0.343 e. The fourth-order valence-electron chi connectivity index (χ4n) is 1.12. The minimum absolute atomic E-state index is 0.132. The van der Waals surface area contributed by atoms with Crippen molar-refractivity contribution in [3.8, 4) is 0 Å². The Labute approximate surface area is 96.9 Å². The van der Waals surface area contributed by atoms with Crippen LogP contribution in [0.5, 0.6) is 0 Å². The van der Waals surface area contributed by atoms with Crippen molar-refractivity contribution in [3.63, 3.8) is 0 Å². The molecular weight excluding hydrogens is 202 g/mol. The van der Waals surface area contributed by atoms with Gasteiger partial charge >= 0.3 is 0 Å². The van der Waals surface area contributed by atoms with Crippen LogP contribution in [0.3, 0.4) is 0 Å². The lowest BCUT2D eigenvalue weighted by Crippen LogP contribution is -2.31. The summed E-state index contributed by atoms with van der Waals surface area (Å²) in [6, 6.07) is 9.38. The first-order valence-electron chi connectivity index (χ1n) is 5.47. The molecule has 0 bridgehead atoms. The molecule has 1 amide bonds. The largest absolute Gasteiger partial charge is 0.343 e. The van der Waals surface area contributed by atoms with Gasteiger partial charge in [-0.05, 0) is 12.5 Å². The fraction of sp³-hybridized carbons (Fsp3) is 0.385. The number of benzene rings is 1. The van der Waals surface area contributed by atoms with Crippen LogP contribution in [0.15, 0.2) is 30.3 Å². The van der Waals surface area contributed by atoms with Crippen LogP contribution >= 0.6 is 0 Å². The molecule has 0 aliphatic rings. The van der Waals surface area contributed by atoms with E-state index in [9.17, 15) is 9.59 Å². The Morgan fingerprint density at radius 2 is 1.62 bits per heavy atom. The van der Waals surface area contributed by atoms with E-state index >= 15 is 0 Å². The van der Waals surface area contributed by atoms with E-state index in [1.807, 2.05) is 51.1 Å². The molecular formula is C13H19NO2. The highest BCUT2D eigenvalue weighted by molar-refractivity contribution is 6.35. The van der Waals surface area contributed by atoms with Gasteiger partial charge in [-0.2, -0.15) is 0 Å². The summed E-state index contributed by atoms with van der Waals surface area (Å²) in [4.78, 5) is 21.8. The van der Waals surface area contributed by atoms with E-state index in [-0.39, 0.29) is 6.04 Å². The quantitative estimate of drug-likeness (QED) is 0.797. The van der Waals surface area contributed by atoms with Gasteiger partial charge in [0.2, 0.25) is 5.78 Å². The number of hydrogen-bond acceptors (Lipinski definition) is 2.